The molecule has 6 heteroatoms. The van der Waals surface area contributed by atoms with Gasteiger partial charge in [0.05, 0.1) is 0 Å². The van der Waals surface area contributed by atoms with Crippen molar-refractivity contribution < 1.29 is 28.6 Å². The number of ether oxygens (including phenoxy) is 3. The SMILES string of the molecule is CC/C=C\C/C=C\C/C=C\CCCCCCCCC(=O)OC(COC(=O)CCCCC/C=C\CCCCCCCC)COC(=O)CCCCCCCCCCCCCCCCCCCC. The van der Waals surface area contributed by atoms with Crippen LogP contribution in [0.1, 0.15) is 290 Å². The Bertz CT molecular complexity index is 1140. The summed E-state index contributed by atoms with van der Waals surface area (Å²) >= 11 is 0. The molecule has 0 aromatic heterocycles. The van der Waals surface area contributed by atoms with Gasteiger partial charge in [-0.05, 0) is 77.0 Å². The van der Waals surface area contributed by atoms with Crippen molar-refractivity contribution in [3.05, 3.63) is 48.6 Å². The summed E-state index contributed by atoms with van der Waals surface area (Å²) in [5.74, 6) is -0.897. The van der Waals surface area contributed by atoms with Crippen LogP contribution in [0.25, 0.3) is 0 Å². The molecular weight excluding hydrogens is 805 g/mol. The zero-order chi connectivity index (χ0) is 47.2. The van der Waals surface area contributed by atoms with E-state index < -0.39 is 6.10 Å². The smallest absolute Gasteiger partial charge is 0.306 e. The Labute approximate surface area is 403 Å². The molecule has 0 radical (unpaired) electrons. The minimum atomic E-state index is -0.783. The van der Waals surface area contributed by atoms with Gasteiger partial charge in [-0.2, -0.15) is 0 Å². The summed E-state index contributed by atoms with van der Waals surface area (Å²) in [6.07, 6.45) is 65.3. The first kappa shape index (κ1) is 62.4. The molecule has 0 aromatic carbocycles. The van der Waals surface area contributed by atoms with Crippen molar-refractivity contribution in [2.75, 3.05) is 13.2 Å². The molecule has 0 saturated carbocycles. The minimum absolute atomic E-state index is 0.0803. The Kier molecular flexibility index (Phi) is 51.8. The van der Waals surface area contributed by atoms with Crippen LogP contribution in [0.2, 0.25) is 0 Å². The first-order valence-electron chi connectivity index (χ1n) is 28.1. The molecule has 1 atom stereocenters. The molecule has 0 fully saturated rings. The Balaban J connectivity index is 4.36. The van der Waals surface area contributed by atoms with Crippen molar-refractivity contribution >= 4 is 17.9 Å². The number of carbonyl (C=O) groups is 3. The Hall–Kier alpha value is -2.63. The molecule has 0 aliphatic rings. The average molecular weight is 911 g/mol. The van der Waals surface area contributed by atoms with E-state index in [-0.39, 0.29) is 31.1 Å². The van der Waals surface area contributed by atoms with Crippen LogP contribution in [-0.2, 0) is 28.6 Å². The molecule has 65 heavy (non-hydrogen) atoms. The van der Waals surface area contributed by atoms with Gasteiger partial charge in [-0.1, -0.05) is 243 Å². The molecule has 1 unspecified atom stereocenters. The molecule has 378 valence electrons. The van der Waals surface area contributed by atoms with Gasteiger partial charge >= 0.3 is 17.9 Å². The number of hydrogen-bond donors (Lipinski definition) is 0. The maximum absolute atomic E-state index is 12.8. The third kappa shape index (κ3) is 52.2. The number of hydrogen-bond acceptors (Lipinski definition) is 6. The third-order valence-electron chi connectivity index (χ3n) is 12.3. The van der Waals surface area contributed by atoms with E-state index in [1.54, 1.807) is 0 Å². The largest absolute Gasteiger partial charge is 0.462 e. The monoisotopic (exact) mass is 911 g/mol. The lowest BCUT2D eigenvalue weighted by Gasteiger charge is -2.18. The number of rotatable bonds is 51. The van der Waals surface area contributed by atoms with Crippen LogP contribution in [0.3, 0.4) is 0 Å². The third-order valence-corrected chi connectivity index (χ3v) is 12.3. The van der Waals surface area contributed by atoms with Gasteiger partial charge in [0.25, 0.3) is 0 Å². The van der Waals surface area contributed by atoms with Crippen LogP contribution >= 0.6 is 0 Å². The minimum Gasteiger partial charge on any atom is -0.462 e. The van der Waals surface area contributed by atoms with Crippen LogP contribution in [0, 0.1) is 0 Å². The van der Waals surface area contributed by atoms with Crippen molar-refractivity contribution in [2.24, 2.45) is 0 Å². The van der Waals surface area contributed by atoms with Crippen LogP contribution in [0.4, 0.5) is 0 Å². The molecule has 0 saturated heterocycles. The van der Waals surface area contributed by atoms with E-state index >= 15 is 0 Å². The lowest BCUT2D eigenvalue weighted by atomic mass is 10.0. The standard InChI is InChI=1S/C59H106O6/c1-4-7-10-13-16-19-22-25-27-29-30-32-34-37-40-43-46-49-52-58(61)64-55-56(54-63-57(60)51-48-45-42-39-36-33-24-21-18-15-12-9-6-3)65-59(62)53-50-47-44-41-38-35-31-28-26-23-20-17-14-11-8-5-2/h8,11,17,20,26,28,33,36,56H,4-7,9-10,12-16,18-19,21-25,27,29-32,34-35,37-55H2,1-3H3/b11-8-,20-17-,28-26-,36-33-. The van der Waals surface area contributed by atoms with Gasteiger partial charge in [0.15, 0.2) is 6.10 Å². The first-order chi connectivity index (χ1) is 32.0. The molecule has 0 spiro atoms. The molecular formula is C59H106O6. The van der Waals surface area contributed by atoms with Gasteiger partial charge in [0.1, 0.15) is 13.2 Å². The lowest BCUT2D eigenvalue weighted by Crippen LogP contribution is -2.30. The maximum atomic E-state index is 12.8. The predicted octanol–water partition coefficient (Wildman–Crippen LogP) is 18.7. The summed E-state index contributed by atoms with van der Waals surface area (Å²) in [6.45, 7) is 6.53. The van der Waals surface area contributed by atoms with Crippen LogP contribution < -0.4 is 0 Å². The fourth-order valence-electron chi connectivity index (χ4n) is 8.10. The van der Waals surface area contributed by atoms with E-state index in [0.717, 1.165) is 103 Å². The van der Waals surface area contributed by atoms with Crippen LogP contribution in [0.15, 0.2) is 48.6 Å². The Morgan fingerprint density at radius 1 is 0.323 bits per heavy atom. The van der Waals surface area contributed by atoms with E-state index in [1.165, 1.54) is 148 Å². The zero-order valence-corrected chi connectivity index (χ0v) is 43.3. The van der Waals surface area contributed by atoms with Crippen molar-refractivity contribution in [3.63, 3.8) is 0 Å². The second-order valence-corrected chi connectivity index (χ2v) is 18.8. The number of carbonyl (C=O) groups excluding carboxylic acids is 3. The molecule has 0 rings (SSSR count). The summed E-state index contributed by atoms with van der Waals surface area (Å²) in [5, 5.41) is 0. The Morgan fingerprint density at radius 3 is 0.969 bits per heavy atom. The van der Waals surface area contributed by atoms with Crippen LogP contribution in [0.5, 0.6) is 0 Å². The molecule has 6 nitrogen and oxygen atoms in total. The topological polar surface area (TPSA) is 78.9 Å². The van der Waals surface area contributed by atoms with Crippen molar-refractivity contribution in [1.29, 1.82) is 0 Å². The summed E-state index contributed by atoms with van der Waals surface area (Å²) in [4.78, 5) is 38.1. The van der Waals surface area contributed by atoms with Crippen molar-refractivity contribution in [2.45, 2.75) is 297 Å². The predicted molar refractivity (Wildman–Crippen MR) is 279 cm³/mol. The highest BCUT2D eigenvalue weighted by atomic mass is 16.6. The second-order valence-electron chi connectivity index (χ2n) is 18.8. The first-order valence-corrected chi connectivity index (χ1v) is 28.1. The van der Waals surface area contributed by atoms with E-state index in [4.69, 9.17) is 14.2 Å². The highest BCUT2D eigenvalue weighted by Crippen LogP contribution is 2.16. The molecule has 0 aliphatic carbocycles. The van der Waals surface area contributed by atoms with E-state index in [0.29, 0.717) is 19.3 Å². The molecule has 0 N–H and O–H groups in total. The second kappa shape index (κ2) is 54.0. The number of esters is 3. The molecule has 0 bridgehead atoms. The van der Waals surface area contributed by atoms with E-state index in [1.807, 2.05) is 0 Å². The highest BCUT2D eigenvalue weighted by Gasteiger charge is 2.19. The Morgan fingerprint density at radius 2 is 0.600 bits per heavy atom. The zero-order valence-electron chi connectivity index (χ0n) is 43.3. The van der Waals surface area contributed by atoms with Gasteiger partial charge in [0, 0.05) is 19.3 Å². The highest BCUT2D eigenvalue weighted by molar-refractivity contribution is 5.71. The fraction of sp³-hybridized carbons (Fsp3) is 0.814. The normalized spacial score (nSPS) is 12.4. The summed E-state index contributed by atoms with van der Waals surface area (Å²) in [7, 11) is 0. The van der Waals surface area contributed by atoms with Crippen molar-refractivity contribution in [1.82, 2.24) is 0 Å². The van der Waals surface area contributed by atoms with Crippen molar-refractivity contribution in [3.8, 4) is 0 Å². The van der Waals surface area contributed by atoms with Gasteiger partial charge in [-0.25, -0.2) is 0 Å². The number of allylic oxidation sites excluding steroid dienone is 8. The van der Waals surface area contributed by atoms with Gasteiger partial charge in [-0.15, -0.1) is 0 Å². The maximum Gasteiger partial charge on any atom is 0.306 e. The summed E-state index contributed by atoms with van der Waals surface area (Å²) < 4.78 is 16.8. The molecule has 0 amide bonds. The van der Waals surface area contributed by atoms with Gasteiger partial charge in [-0.3, -0.25) is 14.4 Å². The van der Waals surface area contributed by atoms with E-state index in [2.05, 4.69) is 69.4 Å². The van der Waals surface area contributed by atoms with E-state index in [9.17, 15) is 14.4 Å². The van der Waals surface area contributed by atoms with Crippen LogP contribution in [-0.4, -0.2) is 37.2 Å². The molecule has 0 heterocycles. The summed E-state index contributed by atoms with van der Waals surface area (Å²) in [5.41, 5.74) is 0. The number of unbranched alkanes of at least 4 members (excludes halogenated alkanes) is 32. The summed E-state index contributed by atoms with van der Waals surface area (Å²) in [6, 6.07) is 0. The molecule has 0 aromatic rings. The molecule has 0 aliphatic heterocycles. The van der Waals surface area contributed by atoms with Gasteiger partial charge < -0.3 is 14.2 Å². The van der Waals surface area contributed by atoms with Gasteiger partial charge in [0.2, 0.25) is 0 Å². The quantitative estimate of drug-likeness (QED) is 0.0262. The lowest BCUT2D eigenvalue weighted by molar-refractivity contribution is -0.167. The average Bonchev–Trinajstić information content (AvgIpc) is 3.30. The fourth-order valence-corrected chi connectivity index (χ4v) is 8.10.